The number of nitrogens with one attached hydrogen (secondary N) is 7. The maximum absolute atomic E-state index is 14.8. The summed E-state index contributed by atoms with van der Waals surface area (Å²) in [6.45, 7) is 1.01. The minimum atomic E-state index is -1.80. The highest BCUT2D eigenvalue weighted by Crippen LogP contribution is 2.17. The van der Waals surface area contributed by atoms with E-state index in [1.807, 2.05) is 0 Å². The van der Waals surface area contributed by atoms with E-state index in [4.69, 9.17) is 34.5 Å². The maximum Gasteiger partial charge on any atom is 0.248 e. The number of primary amides is 2. The third kappa shape index (κ3) is 19.3. The van der Waals surface area contributed by atoms with Crippen LogP contribution in [0.4, 0.5) is 0 Å². The highest BCUT2D eigenvalue weighted by molar-refractivity contribution is 6.30. The van der Waals surface area contributed by atoms with Crippen LogP contribution >= 0.6 is 11.6 Å². The van der Waals surface area contributed by atoms with Crippen LogP contribution in [0.15, 0.2) is 103 Å². The van der Waals surface area contributed by atoms with E-state index in [1.165, 1.54) is 85.9 Å². The second-order valence-corrected chi connectivity index (χ2v) is 20.7. The number of aromatic hydroxyl groups is 2. The number of nitrogens with zero attached hydrogens (tertiary/aromatic N) is 3. The summed E-state index contributed by atoms with van der Waals surface area (Å²) >= 11 is 6.08. The summed E-state index contributed by atoms with van der Waals surface area (Å²) in [6.07, 6.45) is -0.231. The molecule has 83 heavy (non-hydrogen) atoms. The number of benzene rings is 4. The second-order valence-electron chi connectivity index (χ2n) is 20.2. The molecule has 0 unspecified atom stereocenters. The van der Waals surface area contributed by atoms with Gasteiger partial charge in [0.15, 0.2) is 0 Å². The molecule has 0 saturated carbocycles. The van der Waals surface area contributed by atoms with Crippen LogP contribution in [0.5, 0.6) is 11.5 Å². The van der Waals surface area contributed by atoms with Gasteiger partial charge in [0, 0.05) is 42.5 Å². The number of carbonyl (C=O) groups is 9. The number of nitrogens with two attached hydrogens (primary N) is 4. The molecular weight excluding hydrogens is 1100 g/mol. The first-order chi connectivity index (χ1) is 39.5. The quantitative estimate of drug-likeness (QED) is 0.0378. The van der Waals surface area contributed by atoms with Crippen molar-refractivity contribution < 1.29 is 58.5 Å². The molecule has 9 atom stereocenters. The average molecular weight is 1170 g/mol. The Morgan fingerprint density at radius 1 is 0.687 bits per heavy atom. The van der Waals surface area contributed by atoms with Crippen LogP contribution in [0.3, 0.4) is 0 Å². The van der Waals surface area contributed by atoms with Gasteiger partial charge in [-0.15, -0.1) is 5.10 Å². The van der Waals surface area contributed by atoms with Crippen LogP contribution < -0.4 is 60.2 Å². The molecule has 442 valence electrons. The molecule has 1 aliphatic heterocycles. The van der Waals surface area contributed by atoms with Crippen molar-refractivity contribution in [2.24, 2.45) is 22.9 Å². The Hall–Kier alpha value is -8.98. The van der Waals surface area contributed by atoms with Crippen molar-refractivity contribution in [1.29, 1.82) is 0 Å². The van der Waals surface area contributed by atoms with Gasteiger partial charge in [0.05, 0.1) is 24.4 Å². The van der Waals surface area contributed by atoms with Crippen molar-refractivity contribution in [1.82, 2.24) is 52.2 Å². The van der Waals surface area contributed by atoms with Gasteiger partial charge >= 0.3 is 0 Å². The Kier molecular flexibility index (Phi) is 23.0. The topological polar surface area (TPSA) is 433 Å². The average Bonchev–Trinajstić information content (AvgIpc) is 4.02. The van der Waals surface area contributed by atoms with Crippen molar-refractivity contribution >= 4 is 64.8 Å². The molecule has 4 aromatic carbocycles. The lowest BCUT2D eigenvalue weighted by molar-refractivity contribution is -0.137. The first-order valence-corrected chi connectivity index (χ1v) is 27.1. The fraction of sp³-hybridized carbons (Fsp3) is 0.375. The van der Waals surface area contributed by atoms with Crippen molar-refractivity contribution in [3.63, 3.8) is 0 Å². The highest BCUT2D eigenvalue weighted by atomic mass is 35.5. The summed E-state index contributed by atoms with van der Waals surface area (Å²) in [5.41, 5.74) is 25.5. The number of phenols is 2. The molecule has 18 N–H and O–H groups in total. The molecule has 5 aromatic rings. The largest absolute Gasteiger partial charge is 0.508 e. The molecule has 0 fully saturated rings. The summed E-state index contributed by atoms with van der Waals surface area (Å²) in [7, 11) is 0. The molecule has 0 aliphatic carbocycles. The fourth-order valence-electron chi connectivity index (χ4n) is 8.93. The van der Waals surface area contributed by atoms with Crippen molar-refractivity contribution in [2.45, 2.75) is 126 Å². The summed E-state index contributed by atoms with van der Waals surface area (Å²) in [4.78, 5) is 126. The molecule has 26 nitrogen and oxygen atoms in total. The van der Waals surface area contributed by atoms with E-state index in [0.29, 0.717) is 53.1 Å². The number of halogens is 1. The van der Waals surface area contributed by atoms with E-state index in [9.17, 15) is 58.5 Å². The number of fused-ring (bicyclic) bond motifs is 2. The second kappa shape index (κ2) is 30.2. The summed E-state index contributed by atoms with van der Waals surface area (Å²) in [6, 6.07) is 11.6. The molecule has 27 heteroatoms. The number of hydrogen-bond donors (Lipinski definition) is 14. The van der Waals surface area contributed by atoms with Gasteiger partial charge in [0.2, 0.25) is 53.2 Å². The summed E-state index contributed by atoms with van der Waals surface area (Å²) in [5.74, 6) is -8.55. The Labute approximate surface area is 482 Å². The van der Waals surface area contributed by atoms with Crippen LogP contribution in [0.25, 0.3) is 0 Å². The van der Waals surface area contributed by atoms with Gasteiger partial charge in [-0.1, -0.05) is 78.2 Å². The van der Waals surface area contributed by atoms with Crippen molar-refractivity contribution in [2.75, 3.05) is 6.54 Å². The number of carbonyl (C=O) groups excluding carboxylic acids is 9. The number of rotatable bonds is 20. The van der Waals surface area contributed by atoms with Crippen molar-refractivity contribution in [3.05, 3.63) is 142 Å². The minimum Gasteiger partial charge on any atom is -0.508 e. The Bertz CT molecular complexity index is 3070. The van der Waals surface area contributed by atoms with Gasteiger partial charge in [-0.3, -0.25) is 43.2 Å². The molecule has 9 amide bonds. The first kappa shape index (κ1) is 63.2. The summed E-state index contributed by atoms with van der Waals surface area (Å²) < 4.78 is 1.13. The lowest BCUT2D eigenvalue weighted by atomic mass is 10.00. The monoisotopic (exact) mass is 1160 g/mol. The Morgan fingerprint density at radius 2 is 1.22 bits per heavy atom. The van der Waals surface area contributed by atoms with E-state index in [1.54, 1.807) is 24.3 Å². The van der Waals surface area contributed by atoms with Crippen LogP contribution in [-0.4, -0.2) is 144 Å². The van der Waals surface area contributed by atoms with Gasteiger partial charge in [0.25, 0.3) is 0 Å². The number of aromatic nitrogens is 3. The molecule has 1 aromatic heterocycles. The SMILES string of the molecule is C[C@@H](O)[C@@H]1NC(=O)[C@H](CCCCCN)NC(=O)[C@@H](Cc2ccc(C(N)=O)cc2)NC(=O)[C@H](Cc2ccc(O)cc2)NC(=O)[C@H](NC(=O)[C@@H](N)Cc2ccc(Cl)cc2)Cn2cc(nn2)C[C@@H](C(=O)N[C@H](Cc2ccc(O)cc2)C(N)=O)NC1=O. The van der Waals surface area contributed by atoms with Gasteiger partial charge in [0.1, 0.15) is 53.8 Å². The van der Waals surface area contributed by atoms with E-state index in [-0.39, 0.29) is 54.9 Å². The van der Waals surface area contributed by atoms with E-state index in [2.05, 4.69) is 47.5 Å². The first-order valence-electron chi connectivity index (χ1n) is 26.7. The molecule has 2 bridgehead atoms. The standard InChI is InChI=1S/C56H69ClN14O12/c1-30(72)47-56(83)66-45(54(81)63-42(49(61)76)24-33-10-18-38(73)19-11-33)27-37-28-71(70-69-37)29-46(67-50(77)40(59)23-31-8-16-36(57)17-9-31)55(82)65-44(26-34-12-20-39(74)21-13-34)53(80)64-43(25-32-6-14-35(15-7-32)48(60)75)52(79)62-41(51(78)68-47)5-3-2-4-22-58/h6-21,28,30,40-47,72-74H,2-5,22-27,29,58-59H2,1H3,(H2,60,75)(H2,61,76)(H,62,79)(H,63,81)(H,64,80)(H,65,82)(H,66,83)(H,67,77)(H,68,78)/t30-,40+,41+,42-,43-,44+,45+,46-,47+/m1/s1. The van der Waals surface area contributed by atoms with E-state index in [0.717, 1.165) is 4.68 Å². The number of hydrogen-bond acceptors (Lipinski definition) is 16. The molecule has 0 spiro atoms. The van der Waals surface area contributed by atoms with Crippen molar-refractivity contribution in [3.8, 4) is 11.5 Å². The fourth-order valence-corrected chi connectivity index (χ4v) is 9.06. The number of phenolic OH excluding ortho intramolecular Hbond substituents is 2. The van der Waals surface area contributed by atoms with Gasteiger partial charge in [-0.25, -0.2) is 4.68 Å². The van der Waals surface area contributed by atoms with E-state index >= 15 is 0 Å². The van der Waals surface area contributed by atoms with Gasteiger partial charge < -0.3 is 75.5 Å². The molecule has 0 radical (unpaired) electrons. The zero-order chi connectivity index (χ0) is 60.3. The molecule has 2 heterocycles. The lowest BCUT2D eigenvalue weighted by Gasteiger charge is -2.29. The Morgan fingerprint density at radius 3 is 1.78 bits per heavy atom. The number of aliphatic hydroxyl groups is 1. The minimum absolute atomic E-state index is 0.00226. The lowest BCUT2D eigenvalue weighted by Crippen LogP contribution is -2.62. The maximum atomic E-state index is 14.8. The highest BCUT2D eigenvalue weighted by Gasteiger charge is 2.37. The Balaban J connectivity index is 1.44. The van der Waals surface area contributed by atoms with Gasteiger partial charge in [-0.05, 0) is 104 Å². The third-order valence-corrected chi connectivity index (χ3v) is 13.8. The smallest absolute Gasteiger partial charge is 0.248 e. The molecular formula is C56H69ClN14O12. The molecule has 1 aliphatic rings. The number of unbranched alkanes of at least 4 members (excludes halogenated alkanes) is 2. The van der Waals surface area contributed by atoms with Crippen LogP contribution in [0, 0.1) is 0 Å². The molecule has 6 rings (SSSR count). The third-order valence-electron chi connectivity index (χ3n) is 13.6. The normalized spacial score (nSPS) is 20.3. The van der Waals surface area contributed by atoms with E-state index < -0.39 is 121 Å². The number of amides is 9. The predicted molar refractivity (Wildman–Crippen MR) is 301 cm³/mol. The zero-order valence-electron chi connectivity index (χ0n) is 45.3. The predicted octanol–water partition coefficient (Wildman–Crippen LogP) is -1.93. The van der Waals surface area contributed by atoms with Crippen LogP contribution in [0.2, 0.25) is 5.02 Å². The zero-order valence-corrected chi connectivity index (χ0v) is 46.1. The number of aliphatic hydroxyl groups excluding tert-OH is 1. The van der Waals surface area contributed by atoms with Gasteiger partial charge in [-0.2, -0.15) is 0 Å². The van der Waals surface area contributed by atoms with Crippen LogP contribution in [0.1, 0.15) is 70.9 Å². The molecule has 0 saturated heterocycles. The summed E-state index contributed by atoms with van der Waals surface area (Å²) in [5, 5.41) is 58.1. The van der Waals surface area contributed by atoms with Crippen LogP contribution in [-0.2, 0) is 77.0 Å².